The van der Waals surface area contributed by atoms with E-state index in [1.165, 1.54) is 0 Å². The Balaban J connectivity index is 0.00000147. The molecule has 0 saturated heterocycles. The minimum Gasteiger partial charge on any atom is -0.363 e. The van der Waals surface area contributed by atoms with E-state index in [2.05, 4.69) is 10.3 Å². The molecule has 0 saturated carbocycles. The largest absolute Gasteiger partial charge is 0.363 e. The number of thioether (sulfide) groups is 1. The first-order valence-corrected chi connectivity index (χ1v) is 6.92. The maximum Gasteiger partial charge on any atom is 0.206 e. The molecular weight excluding hydrogens is 319 g/mol. The number of allylic oxidation sites excluding steroid dienone is 2. The summed E-state index contributed by atoms with van der Waals surface area (Å²) in [4.78, 5) is 28.9. The number of benzene rings is 1. The second-order valence-corrected chi connectivity index (χ2v) is 5.44. The van der Waals surface area contributed by atoms with E-state index in [4.69, 9.17) is 11.6 Å². The van der Waals surface area contributed by atoms with E-state index in [-0.39, 0.29) is 33.9 Å². The molecule has 0 amide bonds. The molecule has 1 aliphatic carbocycles. The van der Waals surface area contributed by atoms with Gasteiger partial charge in [0, 0.05) is 17.7 Å². The van der Waals surface area contributed by atoms with Gasteiger partial charge < -0.3 is 5.32 Å². The summed E-state index contributed by atoms with van der Waals surface area (Å²) in [6.07, 6.45) is 0. The van der Waals surface area contributed by atoms with Crippen LogP contribution in [0.1, 0.15) is 20.7 Å². The molecule has 0 radical (unpaired) electrons. The molecular formula is C13H10Cl2N2O2S. The van der Waals surface area contributed by atoms with E-state index in [0.717, 1.165) is 18.3 Å². The predicted molar refractivity (Wildman–Crippen MR) is 83.1 cm³/mol. The topological polar surface area (TPSA) is 58.5 Å². The number of nitrogens with one attached hydrogen (secondary N) is 1. The zero-order valence-corrected chi connectivity index (χ0v) is 12.6. The van der Waals surface area contributed by atoms with Crippen molar-refractivity contribution in [3.63, 3.8) is 0 Å². The van der Waals surface area contributed by atoms with Crippen LogP contribution >= 0.6 is 35.8 Å². The lowest BCUT2D eigenvalue weighted by Crippen LogP contribution is -2.22. The van der Waals surface area contributed by atoms with Crippen molar-refractivity contribution in [3.8, 4) is 0 Å². The number of hydrogen-bond acceptors (Lipinski definition) is 5. The van der Waals surface area contributed by atoms with Gasteiger partial charge in [-0.2, -0.15) is 0 Å². The number of rotatable bonds is 1. The summed E-state index contributed by atoms with van der Waals surface area (Å²) in [5.41, 5.74) is 0.765. The highest BCUT2D eigenvalue weighted by Crippen LogP contribution is 2.35. The van der Waals surface area contributed by atoms with E-state index >= 15 is 0 Å². The van der Waals surface area contributed by atoms with Crippen LogP contribution in [0.4, 0.5) is 0 Å². The van der Waals surface area contributed by atoms with Crippen LogP contribution in [0.15, 0.2) is 39.2 Å². The molecule has 0 unspecified atom stereocenters. The lowest BCUT2D eigenvalue weighted by atomic mass is 9.95. The maximum absolute atomic E-state index is 12.4. The van der Waals surface area contributed by atoms with Crippen molar-refractivity contribution in [1.29, 1.82) is 0 Å². The molecule has 2 aliphatic rings. The highest BCUT2D eigenvalue weighted by Gasteiger charge is 2.32. The number of carbonyl (C=O) groups is 2. The van der Waals surface area contributed by atoms with Gasteiger partial charge in [-0.15, -0.1) is 12.4 Å². The molecule has 0 spiro atoms. The molecule has 104 valence electrons. The highest BCUT2D eigenvalue weighted by molar-refractivity contribution is 8.18. The molecule has 1 heterocycles. The van der Waals surface area contributed by atoms with Crippen LogP contribution in [0.2, 0.25) is 0 Å². The number of Topliss-reactive ketones (excluding diaryl/α,β-unsaturated/α-hetero) is 2. The number of fused-ring (bicyclic) bond motifs is 1. The summed E-state index contributed by atoms with van der Waals surface area (Å²) in [7, 11) is 0. The molecule has 7 heteroatoms. The van der Waals surface area contributed by atoms with E-state index in [1.807, 2.05) is 0 Å². The number of halogens is 2. The van der Waals surface area contributed by atoms with Crippen molar-refractivity contribution in [2.45, 2.75) is 0 Å². The lowest BCUT2D eigenvalue weighted by Gasteiger charge is -2.16. The molecule has 3 rings (SSSR count). The number of hydrogen-bond donors (Lipinski definition) is 1. The van der Waals surface area contributed by atoms with Gasteiger partial charge in [0.05, 0.1) is 11.4 Å². The minimum absolute atomic E-state index is 0. The summed E-state index contributed by atoms with van der Waals surface area (Å²) < 4.78 is 0. The van der Waals surface area contributed by atoms with Crippen molar-refractivity contribution in [2.75, 3.05) is 13.1 Å². The van der Waals surface area contributed by atoms with Crippen LogP contribution in [-0.2, 0) is 0 Å². The first kappa shape index (κ1) is 15.1. The third-order valence-corrected chi connectivity index (χ3v) is 4.40. The Morgan fingerprint density at radius 1 is 1.15 bits per heavy atom. The van der Waals surface area contributed by atoms with Crippen LogP contribution < -0.4 is 5.32 Å². The first-order chi connectivity index (χ1) is 9.18. The molecule has 1 aromatic carbocycles. The fourth-order valence-corrected chi connectivity index (χ4v) is 3.17. The highest BCUT2D eigenvalue weighted by atomic mass is 35.5. The van der Waals surface area contributed by atoms with Crippen molar-refractivity contribution >= 4 is 52.5 Å². The second kappa shape index (κ2) is 5.99. The fraction of sp³-hybridized carbons (Fsp3) is 0.154. The Bertz CT molecular complexity index is 656. The fourth-order valence-electron chi connectivity index (χ4n) is 1.95. The standard InChI is InChI=1S/C13H9ClN2O2S.ClH/c14-9-10(17)7-3-1-2-4-8(7)11(18)12(9)19-13-15-5-6-16-13;/h1-4H,5-6H2,(H,15,16);1H. The number of aliphatic imine (C=N–C) groups is 1. The van der Waals surface area contributed by atoms with Crippen molar-refractivity contribution in [1.82, 2.24) is 5.32 Å². The first-order valence-electron chi connectivity index (χ1n) is 5.73. The zero-order chi connectivity index (χ0) is 13.4. The Kier molecular flexibility index (Phi) is 4.52. The van der Waals surface area contributed by atoms with Gasteiger partial charge in [-0.05, 0) is 11.8 Å². The molecule has 1 N–H and O–H groups in total. The lowest BCUT2D eigenvalue weighted by molar-refractivity contribution is 0.0987. The zero-order valence-electron chi connectivity index (χ0n) is 10.2. The summed E-state index contributed by atoms with van der Waals surface area (Å²) in [6, 6.07) is 6.71. The summed E-state index contributed by atoms with van der Waals surface area (Å²) in [5, 5.41) is 3.65. The van der Waals surface area contributed by atoms with Gasteiger partial charge in [-0.1, -0.05) is 35.9 Å². The van der Waals surface area contributed by atoms with Gasteiger partial charge >= 0.3 is 0 Å². The molecule has 0 atom stereocenters. The number of ketones is 2. The number of nitrogens with zero attached hydrogens (tertiary/aromatic N) is 1. The SMILES string of the molecule is Cl.O=C1C(Cl)=C(SC2=NCCN2)C(=O)c2ccccc21. The molecule has 1 aliphatic heterocycles. The Hall–Kier alpha value is -1.30. The van der Waals surface area contributed by atoms with E-state index < -0.39 is 0 Å². The average molecular weight is 329 g/mol. The molecule has 0 aromatic heterocycles. The summed E-state index contributed by atoms with van der Waals surface area (Å²) in [6.45, 7) is 1.41. The van der Waals surface area contributed by atoms with Gasteiger partial charge in [0.25, 0.3) is 0 Å². The second-order valence-electron chi connectivity index (χ2n) is 4.06. The number of amidine groups is 1. The van der Waals surface area contributed by atoms with E-state index in [0.29, 0.717) is 22.8 Å². The quantitative estimate of drug-likeness (QED) is 0.860. The summed E-state index contributed by atoms with van der Waals surface area (Å²) >= 11 is 7.17. The van der Waals surface area contributed by atoms with Crippen LogP contribution in [0.3, 0.4) is 0 Å². The van der Waals surface area contributed by atoms with Gasteiger partial charge in [0.2, 0.25) is 11.6 Å². The van der Waals surface area contributed by atoms with Gasteiger partial charge in [-0.3, -0.25) is 14.6 Å². The molecule has 4 nitrogen and oxygen atoms in total. The van der Waals surface area contributed by atoms with Crippen molar-refractivity contribution in [2.24, 2.45) is 4.99 Å². The van der Waals surface area contributed by atoms with E-state index in [1.54, 1.807) is 24.3 Å². The third kappa shape index (κ3) is 2.49. The molecule has 1 aromatic rings. The van der Waals surface area contributed by atoms with Gasteiger partial charge in [0.15, 0.2) is 5.17 Å². The van der Waals surface area contributed by atoms with Crippen molar-refractivity contribution < 1.29 is 9.59 Å². The van der Waals surface area contributed by atoms with Crippen LogP contribution in [0.5, 0.6) is 0 Å². The Morgan fingerprint density at radius 2 is 1.80 bits per heavy atom. The van der Waals surface area contributed by atoms with Crippen LogP contribution in [0.25, 0.3) is 0 Å². The predicted octanol–water partition coefficient (Wildman–Crippen LogP) is 2.63. The monoisotopic (exact) mass is 328 g/mol. The van der Waals surface area contributed by atoms with Crippen molar-refractivity contribution in [3.05, 3.63) is 45.3 Å². The summed E-state index contributed by atoms with van der Waals surface area (Å²) in [5.74, 6) is -0.528. The minimum atomic E-state index is -0.307. The van der Waals surface area contributed by atoms with Gasteiger partial charge in [-0.25, -0.2) is 0 Å². The van der Waals surface area contributed by atoms with Crippen LogP contribution in [0, 0.1) is 0 Å². The van der Waals surface area contributed by atoms with Crippen LogP contribution in [-0.4, -0.2) is 29.8 Å². The third-order valence-electron chi connectivity index (χ3n) is 2.86. The average Bonchev–Trinajstić information content (AvgIpc) is 2.94. The maximum atomic E-state index is 12.4. The normalized spacial score (nSPS) is 17.4. The Morgan fingerprint density at radius 3 is 2.40 bits per heavy atom. The molecule has 0 bridgehead atoms. The number of carbonyl (C=O) groups excluding carboxylic acids is 2. The molecule has 0 fully saturated rings. The Labute approximate surface area is 131 Å². The van der Waals surface area contributed by atoms with Gasteiger partial charge in [0.1, 0.15) is 5.03 Å². The smallest absolute Gasteiger partial charge is 0.206 e. The van der Waals surface area contributed by atoms with E-state index in [9.17, 15) is 9.59 Å². The molecule has 20 heavy (non-hydrogen) atoms.